The maximum absolute atomic E-state index is 11.9. The first-order valence-electron chi connectivity index (χ1n) is 6.83. The van der Waals surface area contributed by atoms with Gasteiger partial charge in [-0.25, -0.2) is 9.78 Å². The topological polar surface area (TPSA) is 99.6 Å². The third-order valence-electron chi connectivity index (χ3n) is 3.27. The Morgan fingerprint density at radius 1 is 1.33 bits per heavy atom. The number of pyridine rings is 1. The van der Waals surface area contributed by atoms with Gasteiger partial charge in [0.1, 0.15) is 5.69 Å². The first-order valence-corrected chi connectivity index (χ1v) is 6.83. The molecule has 1 fully saturated rings. The van der Waals surface area contributed by atoms with E-state index in [1.54, 1.807) is 4.90 Å². The average molecular weight is 291 g/mol. The lowest BCUT2D eigenvalue weighted by Gasteiger charge is -2.19. The molecule has 0 spiro atoms. The van der Waals surface area contributed by atoms with Crippen molar-refractivity contribution in [2.75, 3.05) is 18.4 Å². The van der Waals surface area contributed by atoms with E-state index in [2.05, 4.69) is 10.3 Å². The Hall–Kier alpha value is -2.44. The molecule has 21 heavy (non-hydrogen) atoms. The molecule has 0 saturated carbocycles. The van der Waals surface area contributed by atoms with E-state index in [1.807, 2.05) is 0 Å². The molecule has 0 bridgehead atoms. The van der Waals surface area contributed by atoms with E-state index in [-0.39, 0.29) is 24.1 Å². The van der Waals surface area contributed by atoms with Crippen molar-refractivity contribution in [2.45, 2.75) is 25.7 Å². The van der Waals surface area contributed by atoms with Crippen LogP contribution < -0.4 is 5.32 Å². The zero-order chi connectivity index (χ0) is 15.2. The van der Waals surface area contributed by atoms with Crippen LogP contribution in [0.15, 0.2) is 18.3 Å². The molecule has 2 rings (SSSR count). The standard InChI is InChI=1S/C14H17N3O4/c18-12(9-17-7-3-1-2-4-13(17)19)16-10-5-6-15-11(8-10)14(20)21/h5-6,8H,1-4,7,9H2,(H,20,21)(H,15,16,18). The lowest BCUT2D eigenvalue weighted by Crippen LogP contribution is -2.37. The van der Waals surface area contributed by atoms with Crippen molar-refractivity contribution < 1.29 is 19.5 Å². The highest BCUT2D eigenvalue weighted by Gasteiger charge is 2.19. The smallest absolute Gasteiger partial charge is 0.354 e. The lowest BCUT2D eigenvalue weighted by atomic mass is 10.2. The number of nitrogens with zero attached hydrogens (tertiary/aromatic N) is 2. The Bertz CT molecular complexity index is 559. The monoisotopic (exact) mass is 291 g/mol. The number of anilines is 1. The third kappa shape index (κ3) is 4.27. The molecule has 0 atom stereocenters. The number of carbonyl (C=O) groups excluding carboxylic acids is 2. The number of hydrogen-bond donors (Lipinski definition) is 2. The molecule has 1 aromatic heterocycles. The van der Waals surface area contributed by atoms with Gasteiger partial charge in [0.15, 0.2) is 0 Å². The van der Waals surface area contributed by atoms with E-state index in [1.165, 1.54) is 18.3 Å². The van der Waals surface area contributed by atoms with Crippen LogP contribution in [0.5, 0.6) is 0 Å². The minimum absolute atomic E-state index is 0.0104. The summed E-state index contributed by atoms with van der Waals surface area (Å²) in [5, 5.41) is 11.4. The summed E-state index contributed by atoms with van der Waals surface area (Å²) < 4.78 is 0. The molecule has 2 N–H and O–H groups in total. The number of nitrogens with one attached hydrogen (secondary N) is 1. The molecule has 2 amide bonds. The number of carbonyl (C=O) groups is 3. The summed E-state index contributed by atoms with van der Waals surface area (Å²) in [5.41, 5.74) is 0.216. The van der Waals surface area contributed by atoms with Gasteiger partial charge in [0, 0.05) is 24.8 Å². The van der Waals surface area contributed by atoms with Crippen molar-refractivity contribution in [2.24, 2.45) is 0 Å². The highest BCUT2D eigenvalue weighted by atomic mass is 16.4. The maximum atomic E-state index is 11.9. The van der Waals surface area contributed by atoms with Gasteiger partial charge in [-0.1, -0.05) is 6.42 Å². The van der Waals surface area contributed by atoms with Gasteiger partial charge in [-0.2, -0.15) is 0 Å². The summed E-state index contributed by atoms with van der Waals surface area (Å²) in [6, 6.07) is 2.79. The van der Waals surface area contributed by atoms with Gasteiger partial charge in [-0.15, -0.1) is 0 Å². The largest absolute Gasteiger partial charge is 0.477 e. The fraction of sp³-hybridized carbons (Fsp3) is 0.429. The van der Waals surface area contributed by atoms with E-state index < -0.39 is 5.97 Å². The summed E-state index contributed by atoms with van der Waals surface area (Å²) >= 11 is 0. The Balaban J connectivity index is 1.96. The minimum atomic E-state index is -1.16. The number of hydrogen-bond acceptors (Lipinski definition) is 4. The van der Waals surface area contributed by atoms with E-state index in [9.17, 15) is 14.4 Å². The summed E-state index contributed by atoms with van der Waals surface area (Å²) in [5.74, 6) is -1.51. The van der Waals surface area contributed by atoms with Crippen LogP contribution in [0, 0.1) is 0 Å². The predicted octanol–water partition coefficient (Wildman–Crippen LogP) is 1.12. The van der Waals surface area contributed by atoms with Crippen LogP contribution in [0.1, 0.15) is 36.2 Å². The van der Waals surface area contributed by atoms with Gasteiger partial charge in [0.25, 0.3) is 0 Å². The zero-order valence-electron chi connectivity index (χ0n) is 11.5. The molecule has 1 saturated heterocycles. The molecule has 0 radical (unpaired) electrons. The minimum Gasteiger partial charge on any atom is -0.477 e. The number of aromatic nitrogens is 1. The van der Waals surface area contributed by atoms with Crippen LogP contribution in [0.25, 0.3) is 0 Å². The number of likely N-dealkylation sites (tertiary alicyclic amines) is 1. The van der Waals surface area contributed by atoms with Crippen LogP contribution in [-0.2, 0) is 9.59 Å². The SMILES string of the molecule is O=C(CN1CCCCCC1=O)Nc1ccnc(C(=O)O)c1. The number of carboxylic acids is 1. The van der Waals surface area contributed by atoms with Crippen LogP contribution in [-0.4, -0.2) is 45.9 Å². The van der Waals surface area contributed by atoms with E-state index in [0.717, 1.165) is 19.3 Å². The fourth-order valence-corrected chi connectivity index (χ4v) is 2.20. The van der Waals surface area contributed by atoms with Crippen molar-refractivity contribution in [3.05, 3.63) is 24.0 Å². The molecule has 1 aliphatic rings. The van der Waals surface area contributed by atoms with Crippen molar-refractivity contribution in [1.82, 2.24) is 9.88 Å². The number of carboxylic acid groups (broad SMARTS) is 1. The first-order chi connectivity index (χ1) is 10.1. The van der Waals surface area contributed by atoms with Gasteiger partial charge in [0.2, 0.25) is 11.8 Å². The Kier molecular flexibility index (Phi) is 4.86. The second-order valence-electron chi connectivity index (χ2n) is 4.91. The van der Waals surface area contributed by atoms with Gasteiger partial charge >= 0.3 is 5.97 Å². The molecule has 0 aromatic carbocycles. The van der Waals surface area contributed by atoms with Gasteiger partial charge in [-0.3, -0.25) is 9.59 Å². The predicted molar refractivity (Wildman–Crippen MR) is 74.9 cm³/mol. The van der Waals surface area contributed by atoms with Crippen molar-refractivity contribution >= 4 is 23.5 Å². The van der Waals surface area contributed by atoms with Crippen LogP contribution in [0.4, 0.5) is 5.69 Å². The highest BCUT2D eigenvalue weighted by molar-refractivity contribution is 5.95. The molecule has 2 heterocycles. The molecule has 1 aliphatic heterocycles. The second kappa shape index (κ2) is 6.83. The number of amides is 2. The first kappa shape index (κ1) is 15.0. The van der Waals surface area contributed by atoms with E-state index in [4.69, 9.17) is 5.11 Å². The van der Waals surface area contributed by atoms with Crippen molar-refractivity contribution in [1.29, 1.82) is 0 Å². The fourth-order valence-electron chi connectivity index (χ4n) is 2.20. The second-order valence-corrected chi connectivity index (χ2v) is 4.91. The quantitative estimate of drug-likeness (QED) is 0.866. The third-order valence-corrected chi connectivity index (χ3v) is 3.27. The van der Waals surface area contributed by atoms with E-state index in [0.29, 0.717) is 18.7 Å². The van der Waals surface area contributed by atoms with Gasteiger partial charge < -0.3 is 15.3 Å². The van der Waals surface area contributed by atoms with Crippen LogP contribution >= 0.6 is 0 Å². The molecule has 112 valence electrons. The molecule has 0 unspecified atom stereocenters. The maximum Gasteiger partial charge on any atom is 0.354 e. The van der Waals surface area contributed by atoms with E-state index >= 15 is 0 Å². The normalized spacial score (nSPS) is 15.4. The number of aromatic carboxylic acids is 1. The summed E-state index contributed by atoms with van der Waals surface area (Å²) in [4.78, 5) is 39.8. The molecule has 1 aromatic rings. The van der Waals surface area contributed by atoms with Gasteiger partial charge in [0.05, 0.1) is 6.54 Å². The zero-order valence-corrected chi connectivity index (χ0v) is 11.5. The Morgan fingerprint density at radius 3 is 2.90 bits per heavy atom. The highest BCUT2D eigenvalue weighted by Crippen LogP contribution is 2.12. The molecule has 0 aliphatic carbocycles. The van der Waals surface area contributed by atoms with Crippen molar-refractivity contribution in [3.63, 3.8) is 0 Å². The summed E-state index contributed by atoms with van der Waals surface area (Å²) in [7, 11) is 0. The van der Waals surface area contributed by atoms with Gasteiger partial charge in [-0.05, 0) is 25.0 Å². The summed E-state index contributed by atoms with van der Waals surface area (Å²) in [6.45, 7) is 0.576. The lowest BCUT2D eigenvalue weighted by molar-refractivity contribution is -0.134. The van der Waals surface area contributed by atoms with Crippen molar-refractivity contribution in [3.8, 4) is 0 Å². The molecule has 7 nitrogen and oxygen atoms in total. The summed E-state index contributed by atoms with van der Waals surface area (Å²) in [6.07, 6.45) is 4.55. The molecular weight excluding hydrogens is 274 g/mol. The van der Waals surface area contributed by atoms with Crippen LogP contribution in [0.2, 0.25) is 0 Å². The molecular formula is C14H17N3O4. The molecule has 7 heteroatoms. The number of rotatable bonds is 4. The Labute approximate surface area is 122 Å². The van der Waals surface area contributed by atoms with Crippen LogP contribution in [0.3, 0.4) is 0 Å². The average Bonchev–Trinajstić information content (AvgIpc) is 2.64. The Morgan fingerprint density at radius 2 is 2.14 bits per heavy atom.